The van der Waals surface area contributed by atoms with Crippen LogP contribution in [0.1, 0.15) is 105 Å². The summed E-state index contributed by atoms with van der Waals surface area (Å²) < 4.78 is 0. The van der Waals surface area contributed by atoms with Gasteiger partial charge in [-0.15, -0.1) is 0 Å². The van der Waals surface area contributed by atoms with Gasteiger partial charge in [0.15, 0.2) is 0 Å². The average Bonchev–Trinajstić information content (AvgIpc) is 2.34. The zero-order valence-electron chi connectivity index (χ0n) is 14.4. The van der Waals surface area contributed by atoms with Gasteiger partial charge in [-0.25, -0.2) is 0 Å². The first-order valence-electron chi connectivity index (χ1n) is 8.71. The molecule has 0 aliphatic heterocycles. The maximum atomic E-state index is 10.3. The molecule has 0 aliphatic rings. The lowest BCUT2D eigenvalue weighted by Gasteiger charge is -2.27. The fraction of sp³-hybridized carbons (Fsp3) is 1.00. The zero-order valence-corrected chi connectivity index (χ0v) is 14.4. The molecule has 0 bridgehead atoms. The standard InChI is InChI=1S/C18H38O2/c1-5-6-7-8-9-10-11-12-13-14-18(4,20)16-15-17(2,3)19/h19-20H,5-16H2,1-4H3. The number of rotatable bonds is 13. The minimum Gasteiger partial charge on any atom is -0.390 e. The SMILES string of the molecule is CCCCCCCCCCCC(C)(O)CCC(C)(C)O. The molecule has 0 amide bonds. The number of hydrogen-bond acceptors (Lipinski definition) is 2. The molecule has 0 aromatic rings. The Morgan fingerprint density at radius 3 is 1.50 bits per heavy atom. The van der Waals surface area contributed by atoms with Crippen LogP contribution < -0.4 is 0 Å². The van der Waals surface area contributed by atoms with Crippen LogP contribution in [-0.2, 0) is 0 Å². The van der Waals surface area contributed by atoms with E-state index in [1.54, 1.807) is 0 Å². The Balaban J connectivity index is 3.44. The maximum absolute atomic E-state index is 10.3. The summed E-state index contributed by atoms with van der Waals surface area (Å²) in [6, 6.07) is 0. The van der Waals surface area contributed by atoms with Crippen molar-refractivity contribution in [2.75, 3.05) is 0 Å². The van der Waals surface area contributed by atoms with E-state index < -0.39 is 11.2 Å². The summed E-state index contributed by atoms with van der Waals surface area (Å²) in [6.07, 6.45) is 14.0. The van der Waals surface area contributed by atoms with Crippen molar-refractivity contribution in [2.24, 2.45) is 0 Å². The third-order valence-electron chi connectivity index (χ3n) is 4.09. The van der Waals surface area contributed by atoms with E-state index in [-0.39, 0.29) is 0 Å². The summed E-state index contributed by atoms with van der Waals surface area (Å²) in [7, 11) is 0. The molecule has 0 saturated heterocycles. The van der Waals surface area contributed by atoms with Gasteiger partial charge in [-0.05, 0) is 40.0 Å². The van der Waals surface area contributed by atoms with Gasteiger partial charge in [-0.1, -0.05) is 64.7 Å². The molecule has 0 rings (SSSR count). The molecule has 20 heavy (non-hydrogen) atoms. The summed E-state index contributed by atoms with van der Waals surface area (Å²) in [5, 5.41) is 20.0. The monoisotopic (exact) mass is 286 g/mol. The fourth-order valence-electron chi connectivity index (χ4n) is 2.52. The third kappa shape index (κ3) is 14.3. The summed E-state index contributed by atoms with van der Waals surface area (Å²) in [5.41, 5.74) is -1.27. The summed E-state index contributed by atoms with van der Waals surface area (Å²) >= 11 is 0. The Morgan fingerprint density at radius 2 is 1.05 bits per heavy atom. The molecule has 0 heterocycles. The lowest BCUT2D eigenvalue weighted by Crippen LogP contribution is -2.29. The van der Waals surface area contributed by atoms with Crippen molar-refractivity contribution in [1.82, 2.24) is 0 Å². The normalized spacial score (nSPS) is 15.3. The Labute approximate surface area is 127 Å². The van der Waals surface area contributed by atoms with Gasteiger partial charge in [-0.3, -0.25) is 0 Å². The van der Waals surface area contributed by atoms with Crippen LogP contribution in [0.15, 0.2) is 0 Å². The summed E-state index contributed by atoms with van der Waals surface area (Å²) in [6.45, 7) is 7.77. The zero-order chi connectivity index (χ0) is 15.5. The molecule has 1 unspecified atom stereocenters. The van der Waals surface area contributed by atoms with Gasteiger partial charge in [0.2, 0.25) is 0 Å². The minimum absolute atomic E-state index is 0.610. The fourth-order valence-corrected chi connectivity index (χ4v) is 2.52. The highest BCUT2D eigenvalue weighted by atomic mass is 16.3. The van der Waals surface area contributed by atoms with Gasteiger partial charge in [0, 0.05) is 0 Å². The van der Waals surface area contributed by atoms with E-state index >= 15 is 0 Å². The third-order valence-corrected chi connectivity index (χ3v) is 4.09. The minimum atomic E-state index is -0.664. The van der Waals surface area contributed by atoms with Crippen molar-refractivity contribution in [3.8, 4) is 0 Å². The molecule has 0 radical (unpaired) electrons. The van der Waals surface area contributed by atoms with E-state index in [1.165, 1.54) is 51.4 Å². The van der Waals surface area contributed by atoms with Crippen molar-refractivity contribution in [3.63, 3.8) is 0 Å². The van der Waals surface area contributed by atoms with Crippen molar-refractivity contribution in [2.45, 2.75) is 116 Å². The largest absolute Gasteiger partial charge is 0.390 e. The van der Waals surface area contributed by atoms with E-state index in [0.29, 0.717) is 12.8 Å². The van der Waals surface area contributed by atoms with Crippen LogP contribution in [0.2, 0.25) is 0 Å². The summed E-state index contributed by atoms with van der Waals surface area (Å²) in [5.74, 6) is 0. The van der Waals surface area contributed by atoms with Crippen molar-refractivity contribution in [1.29, 1.82) is 0 Å². The van der Waals surface area contributed by atoms with Gasteiger partial charge < -0.3 is 10.2 Å². The topological polar surface area (TPSA) is 40.5 Å². The van der Waals surface area contributed by atoms with Crippen molar-refractivity contribution < 1.29 is 10.2 Å². The molecule has 0 saturated carbocycles. The molecule has 0 spiro atoms. The number of unbranched alkanes of at least 4 members (excludes halogenated alkanes) is 8. The summed E-state index contributed by atoms with van der Waals surface area (Å²) in [4.78, 5) is 0. The van der Waals surface area contributed by atoms with Gasteiger partial charge >= 0.3 is 0 Å². The van der Waals surface area contributed by atoms with E-state index in [2.05, 4.69) is 6.92 Å². The highest BCUT2D eigenvalue weighted by Gasteiger charge is 2.23. The quantitative estimate of drug-likeness (QED) is 0.456. The number of hydrogen-bond donors (Lipinski definition) is 2. The molecule has 122 valence electrons. The van der Waals surface area contributed by atoms with E-state index in [4.69, 9.17) is 0 Å². The first-order valence-corrected chi connectivity index (χ1v) is 8.71. The molecule has 0 aromatic carbocycles. The van der Waals surface area contributed by atoms with Gasteiger partial charge in [0.25, 0.3) is 0 Å². The predicted molar refractivity (Wildman–Crippen MR) is 88.0 cm³/mol. The van der Waals surface area contributed by atoms with Gasteiger partial charge in [0.05, 0.1) is 11.2 Å². The van der Waals surface area contributed by atoms with Crippen LogP contribution in [0.3, 0.4) is 0 Å². The van der Waals surface area contributed by atoms with Crippen LogP contribution in [0, 0.1) is 0 Å². The second kappa shape index (κ2) is 10.6. The molecule has 0 aliphatic carbocycles. The first-order chi connectivity index (χ1) is 9.27. The highest BCUT2D eigenvalue weighted by Crippen LogP contribution is 2.24. The smallest absolute Gasteiger partial charge is 0.0620 e. The van der Waals surface area contributed by atoms with Crippen LogP contribution in [0.4, 0.5) is 0 Å². The molecule has 2 N–H and O–H groups in total. The Bertz CT molecular complexity index is 216. The molecule has 1 atom stereocenters. The van der Waals surface area contributed by atoms with Crippen LogP contribution >= 0.6 is 0 Å². The Morgan fingerprint density at radius 1 is 0.600 bits per heavy atom. The maximum Gasteiger partial charge on any atom is 0.0620 e. The van der Waals surface area contributed by atoms with Gasteiger partial charge in [-0.2, -0.15) is 0 Å². The lowest BCUT2D eigenvalue weighted by molar-refractivity contribution is -0.000182. The molecule has 2 heteroatoms. The van der Waals surface area contributed by atoms with Crippen molar-refractivity contribution >= 4 is 0 Å². The Kier molecular flexibility index (Phi) is 10.6. The highest BCUT2D eigenvalue weighted by molar-refractivity contribution is 4.77. The molecular formula is C18H38O2. The second-order valence-corrected chi connectivity index (χ2v) is 7.39. The van der Waals surface area contributed by atoms with Gasteiger partial charge in [0.1, 0.15) is 0 Å². The van der Waals surface area contributed by atoms with Crippen molar-refractivity contribution in [3.05, 3.63) is 0 Å². The Hall–Kier alpha value is -0.0800. The predicted octanol–water partition coefficient (Wildman–Crippen LogP) is 5.21. The molecule has 0 aromatic heterocycles. The molecular weight excluding hydrogens is 248 g/mol. The first kappa shape index (κ1) is 19.9. The van der Waals surface area contributed by atoms with Crippen LogP contribution in [0.25, 0.3) is 0 Å². The number of aliphatic hydroxyl groups is 2. The van der Waals surface area contributed by atoms with E-state index in [0.717, 1.165) is 12.8 Å². The lowest BCUT2D eigenvalue weighted by atomic mass is 9.88. The second-order valence-electron chi connectivity index (χ2n) is 7.39. The molecule has 2 nitrogen and oxygen atoms in total. The van der Waals surface area contributed by atoms with Crippen LogP contribution in [0.5, 0.6) is 0 Å². The van der Waals surface area contributed by atoms with Crippen LogP contribution in [-0.4, -0.2) is 21.4 Å². The van der Waals surface area contributed by atoms with E-state index in [9.17, 15) is 10.2 Å². The average molecular weight is 286 g/mol. The van der Waals surface area contributed by atoms with E-state index in [1.807, 2.05) is 20.8 Å². The molecule has 0 fully saturated rings.